The van der Waals surface area contributed by atoms with Crippen LogP contribution >= 0.6 is 0 Å². The molecule has 0 aromatic heterocycles. The third-order valence-electron chi connectivity index (χ3n) is 5.74. The maximum Gasteiger partial charge on any atom is 0.347 e. The van der Waals surface area contributed by atoms with E-state index in [1.165, 1.54) is 19.1 Å². The molecule has 3 rings (SSSR count). The van der Waals surface area contributed by atoms with Crippen LogP contribution in [0, 0.1) is 6.92 Å². The zero-order valence-corrected chi connectivity index (χ0v) is 19.7. The summed E-state index contributed by atoms with van der Waals surface area (Å²) in [5.41, 5.74) is 0.940. The van der Waals surface area contributed by atoms with Gasteiger partial charge in [0, 0.05) is 17.2 Å². The van der Waals surface area contributed by atoms with E-state index in [9.17, 15) is 39.6 Å². The average molecular weight is 499 g/mol. The number of ether oxygens (including phenoxy) is 1. The van der Waals surface area contributed by atoms with Crippen LogP contribution < -0.4 is 4.74 Å². The summed E-state index contributed by atoms with van der Waals surface area (Å²) < 4.78 is 5.48. The maximum atomic E-state index is 13.0. The average Bonchev–Trinajstić information content (AvgIpc) is 3.07. The van der Waals surface area contributed by atoms with Crippen LogP contribution in [0.15, 0.2) is 29.8 Å². The number of phenols is 3. The zero-order valence-electron chi connectivity index (χ0n) is 19.7. The van der Waals surface area contributed by atoms with Crippen molar-refractivity contribution in [2.24, 2.45) is 0 Å². The quantitative estimate of drug-likeness (QED) is 0.206. The Morgan fingerprint density at radius 2 is 1.78 bits per heavy atom. The Morgan fingerprint density at radius 3 is 2.33 bits per heavy atom. The Bertz CT molecular complexity index is 1280. The second-order valence-electron chi connectivity index (χ2n) is 8.64. The summed E-state index contributed by atoms with van der Waals surface area (Å²) >= 11 is 0. The molecule has 2 aromatic rings. The van der Waals surface area contributed by atoms with E-state index in [2.05, 4.69) is 0 Å². The number of fused-ring (bicyclic) bond motifs is 1. The van der Waals surface area contributed by atoms with Crippen molar-refractivity contribution in [1.82, 2.24) is 4.90 Å². The number of esters is 1. The molecule has 1 atom stereocenters. The normalized spacial score (nSPS) is 13.2. The number of aliphatic carboxylic acids is 2. The Kier molecular flexibility index (Phi) is 7.23. The largest absolute Gasteiger partial charge is 0.508 e. The number of aryl methyl sites for hydroxylation is 1. The van der Waals surface area contributed by atoms with E-state index < -0.39 is 47.8 Å². The van der Waals surface area contributed by atoms with Crippen molar-refractivity contribution in [3.8, 4) is 23.0 Å². The highest BCUT2D eigenvalue weighted by atomic mass is 16.5. The van der Waals surface area contributed by atoms with Gasteiger partial charge in [0.15, 0.2) is 0 Å². The molecule has 0 aliphatic carbocycles. The van der Waals surface area contributed by atoms with Crippen LogP contribution in [0.1, 0.15) is 57.7 Å². The fourth-order valence-electron chi connectivity index (χ4n) is 3.99. The molecule has 0 saturated carbocycles. The van der Waals surface area contributed by atoms with Gasteiger partial charge in [0.05, 0.1) is 18.5 Å². The number of allylic oxidation sites excluding steroid dienone is 2. The minimum absolute atomic E-state index is 0.0808. The smallest absolute Gasteiger partial charge is 0.347 e. The maximum absolute atomic E-state index is 13.0. The van der Waals surface area contributed by atoms with Gasteiger partial charge in [-0.1, -0.05) is 11.6 Å². The lowest BCUT2D eigenvalue weighted by Crippen LogP contribution is -2.42. The third-order valence-corrected chi connectivity index (χ3v) is 5.74. The number of carboxylic acid groups (broad SMARTS) is 2. The lowest BCUT2D eigenvalue weighted by molar-refractivity contribution is -0.148. The number of carbonyl (C=O) groups is 4. The highest BCUT2D eigenvalue weighted by Crippen LogP contribution is 2.41. The summed E-state index contributed by atoms with van der Waals surface area (Å²) in [4.78, 5) is 49.6. The number of hydrogen-bond acceptors (Lipinski definition) is 8. The molecule has 36 heavy (non-hydrogen) atoms. The molecule has 1 aliphatic heterocycles. The summed E-state index contributed by atoms with van der Waals surface area (Å²) in [6, 6.07) is 1.72. The van der Waals surface area contributed by atoms with E-state index >= 15 is 0 Å². The number of amides is 1. The summed E-state index contributed by atoms with van der Waals surface area (Å²) in [6.07, 6.45) is 0.985. The predicted octanol–water partition coefficient (Wildman–Crippen LogP) is 2.72. The molecule has 2 aromatic carbocycles. The van der Waals surface area contributed by atoms with Crippen LogP contribution in [-0.4, -0.2) is 60.3 Å². The molecule has 0 fully saturated rings. The van der Waals surface area contributed by atoms with Crippen molar-refractivity contribution in [2.75, 3.05) is 0 Å². The lowest BCUT2D eigenvalue weighted by Gasteiger charge is -2.22. The molecule has 0 spiro atoms. The van der Waals surface area contributed by atoms with Crippen molar-refractivity contribution < 1.29 is 49.4 Å². The monoisotopic (exact) mass is 499 g/mol. The van der Waals surface area contributed by atoms with Gasteiger partial charge in [0.2, 0.25) is 0 Å². The van der Waals surface area contributed by atoms with E-state index in [1.807, 2.05) is 13.8 Å². The number of phenolic OH excluding ortho intramolecular Hbond substituents is 3. The van der Waals surface area contributed by atoms with Gasteiger partial charge in [-0.25, -0.2) is 9.59 Å². The van der Waals surface area contributed by atoms with E-state index in [0.717, 1.165) is 16.5 Å². The molecular weight excluding hydrogens is 474 g/mol. The van der Waals surface area contributed by atoms with Gasteiger partial charge in [0.1, 0.15) is 34.6 Å². The molecule has 1 heterocycles. The Hall–Kier alpha value is -4.54. The predicted molar refractivity (Wildman–Crippen MR) is 124 cm³/mol. The van der Waals surface area contributed by atoms with Crippen molar-refractivity contribution in [2.45, 2.75) is 46.2 Å². The van der Waals surface area contributed by atoms with Crippen LogP contribution in [0.4, 0.5) is 0 Å². The van der Waals surface area contributed by atoms with Gasteiger partial charge in [-0.15, -0.1) is 0 Å². The molecule has 0 unspecified atom stereocenters. The van der Waals surface area contributed by atoms with Crippen LogP contribution in [-0.2, 0) is 22.6 Å². The topological polar surface area (TPSA) is 182 Å². The first-order valence-electron chi connectivity index (χ1n) is 10.8. The van der Waals surface area contributed by atoms with Crippen molar-refractivity contribution in [3.05, 3.63) is 57.7 Å². The Balaban J connectivity index is 2.09. The van der Waals surface area contributed by atoms with Gasteiger partial charge < -0.3 is 35.2 Å². The van der Waals surface area contributed by atoms with E-state index in [4.69, 9.17) is 9.84 Å². The second-order valence-corrected chi connectivity index (χ2v) is 8.64. The molecular formula is C25H25NO10. The van der Waals surface area contributed by atoms with E-state index in [1.54, 1.807) is 6.08 Å². The number of nitrogens with zero attached hydrogens (tertiary/aromatic N) is 1. The highest BCUT2D eigenvalue weighted by molar-refractivity contribution is 6.03. The first-order chi connectivity index (χ1) is 16.8. The standard InChI is InChI=1S/C25H25NO10/c1-11(2)4-5-14-19(36-25(35)21-12(3)6-13(27)7-18(21)28)8-15-16(22(14)31)10-26(23(15)32)17(24(33)34)9-20(29)30/h4,6-8,17,27-28,31H,5,9-10H2,1-3H3,(H,29,30)(H,33,34)/t17-/m1/s1. The SMILES string of the molecule is CC(C)=CCc1c(OC(=O)c2c(C)cc(O)cc2O)cc2c(c1O)CN([C@H](CC(=O)O)C(=O)O)C2=O. The van der Waals surface area contributed by atoms with Gasteiger partial charge in [0.25, 0.3) is 5.91 Å². The number of carboxylic acids is 2. The minimum atomic E-state index is -1.68. The highest BCUT2D eigenvalue weighted by Gasteiger charge is 2.40. The van der Waals surface area contributed by atoms with Gasteiger partial charge >= 0.3 is 17.9 Å². The third kappa shape index (κ3) is 5.09. The minimum Gasteiger partial charge on any atom is -0.508 e. The van der Waals surface area contributed by atoms with Gasteiger partial charge in [-0.05, 0) is 44.9 Å². The van der Waals surface area contributed by atoms with Crippen LogP contribution in [0.3, 0.4) is 0 Å². The molecule has 1 amide bonds. The van der Waals surface area contributed by atoms with E-state index in [0.29, 0.717) is 0 Å². The second kappa shape index (κ2) is 9.98. The molecule has 5 N–H and O–H groups in total. The first-order valence-corrected chi connectivity index (χ1v) is 10.8. The van der Waals surface area contributed by atoms with Crippen LogP contribution in [0.5, 0.6) is 23.0 Å². The van der Waals surface area contributed by atoms with Crippen molar-refractivity contribution in [3.63, 3.8) is 0 Å². The molecule has 11 heteroatoms. The van der Waals surface area contributed by atoms with E-state index in [-0.39, 0.29) is 52.3 Å². The first kappa shape index (κ1) is 26.1. The van der Waals surface area contributed by atoms with Gasteiger partial charge in [-0.3, -0.25) is 9.59 Å². The molecule has 1 aliphatic rings. The summed E-state index contributed by atoms with van der Waals surface area (Å²) in [5.74, 6) is -6.18. The number of aromatic hydroxyl groups is 3. The number of hydrogen-bond donors (Lipinski definition) is 5. The number of rotatable bonds is 8. The van der Waals surface area contributed by atoms with Crippen molar-refractivity contribution >= 4 is 23.8 Å². The molecule has 190 valence electrons. The summed E-state index contributed by atoms with van der Waals surface area (Å²) in [6.45, 7) is 4.74. The molecule has 0 saturated heterocycles. The Labute approximate surface area is 205 Å². The van der Waals surface area contributed by atoms with Gasteiger partial charge in [-0.2, -0.15) is 0 Å². The molecule has 0 radical (unpaired) electrons. The fourth-order valence-corrected chi connectivity index (χ4v) is 3.99. The lowest BCUT2D eigenvalue weighted by atomic mass is 9.99. The summed E-state index contributed by atoms with van der Waals surface area (Å²) in [7, 11) is 0. The zero-order chi connectivity index (χ0) is 26.9. The number of carbonyl (C=O) groups excluding carboxylic acids is 2. The van der Waals surface area contributed by atoms with Crippen LogP contribution in [0.25, 0.3) is 0 Å². The molecule has 0 bridgehead atoms. The van der Waals surface area contributed by atoms with Crippen LogP contribution in [0.2, 0.25) is 0 Å². The number of benzene rings is 2. The summed E-state index contributed by atoms with van der Waals surface area (Å²) in [5, 5.41) is 49.4. The molecule has 11 nitrogen and oxygen atoms in total. The van der Waals surface area contributed by atoms with Crippen molar-refractivity contribution in [1.29, 1.82) is 0 Å². The fraction of sp³-hybridized carbons (Fsp3) is 0.280. The Morgan fingerprint density at radius 1 is 1.11 bits per heavy atom.